The van der Waals surface area contributed by atoms with Gasteiger partial charge in [-0.25, -0.2) is 0 Å². The predicted octanol–water partition coefficient (Wildman–Crippen LogP) is 1.76. The lowest BCUT2D eigenvalue weighted by Crippen LogP contribution is -2.29. The first-order chi connectivity index (χ1) is 9.21. The van der Waals surface area contributed by atoms with Crippen LogP contribution in [0, 0.1) is 0 Å². The van der Waals surface area contributed by atoms with Crippen molar-refractivity contribution in [3.8, 4) is 0 Å². The Bertz CT molecular complexity index is 395. The maximum atomic E-state index is 11.7. The molecule has 1 aromatic rings. The fourth-order valence-corrected chi connectivity index (χ4v) is 1.83. The van der Waals surface area contributed by atoms with Gasteiger partial charge in [0.1, 0.15) is 5.69 Å². The SMILES string of the molecule is CCCCC(CN)Nc1ccnc(C(=O)NCC)c1. The van der Waals surface area contributed by atoms with Gasteiger partial charge < -0.3 is 16.4 Å². The van der Waals surface area contributed by atoms with Crippen LogP contribution in [0.5, 0.6) is 0 Å². The van der Waals surface area contributed by atoms with Gasteiger partial charge in [-0.3, -0.25) is 9.78 Å². The normalized spacial score (nSPS) is 11.9. The lowest BCUT2D eigenvalue weighted by Gasteiger charge is -2.18. The van der Waals surface area contributed by atoms with E-state index in [0.29, 0.717) is 18.8 Å². The van der Waals surface area contributed by atoms with Crippen LogP contribution in [0.15, 0.2) is 18.3 Å². The molecule has 1 aromatic heterocycles. The summed E-state index contributed by atoms with van der Waals surface area (Å²) in [5.74, 6) is -0.149. The Morgan fingerprint density at radius 2 is 2.26 bits per heavy atom. The average Bonchev–Trinajstić information content (AvgIpc) is 2.44. The molecule has 1 amide bonds. The third kappa shape index (κ3) is 5.26. The smallest absolute Gasteiger partial charge is 0.269 e. The summed E-state index contributed by atoms with van der Waals surface area (Å²) in [6.45, 7) is 5.22. The van der Waals surface area contributed by atoms with Crippen molar-refractivity contribution in [2.75, 3.05) is 18.4 Å². The molecule has 19 heavy (non-hydrogen) atoms. The second kappa shape index (κ2) is 8.48. The van der Waals surface area contributed by atoms with Gasteiger partial charge in [0, 0.05) is 31.0 Å². The van der Waals surface area contributed by atoms with E-state index in [2.05, 4.69) is 22.5 Å². The van der Waals surface area contributed by atoms with Crippen LogP contribution in [0.4, 0.5) is 5.69 Å². The lowest BCUT2D eigenvalue weighted by atomic mass is 10.1. The Morgan fingerprint density at radius 1 is 1.47 bits per heavy atom. The fourth-order valence-electron chi connectivity index (χ4n) is 1.83. The van der Waals surface area contributed by atoms with Crippen molar-refractivity contribution >= 4 is 11.6 Å². The van der Waals surface area contributed by atoms with Crippen LogP contribution in [0.2, 0.25) is 0 Å². The standard InChI is InChI=1S/C14H24N4O/c1-3-5-6-12(10-15)18-11-7-8-17-13(9-11)14(19)16-4-2/h7-9,12H,3-6,10,15H2,1-2H3,(H,16,19)(H,17,18). The van der Waals surface area contributed by atoms with E-state index in [1.807, 2.05) is 13.0 Å². The first-order valence-electron chi connectivity index (χ1n) is 6.92. The number of amides is 1. The number of hydrogen-bond donors (Lipinski definition) is 3. The van der Waals surface area contributed by atoms with Gasteiger partial charge >= 0.3 is 0 Å². The molecule has 0 aliphatic carbocycles. The maximum absolute atomic E-state index is 11.7. The predicted molar refractivity (Wildman–Crippen MR) is 78.2 cm³/mol. The van der Waals surface area contributed by atoms with Gasteiger partial charge in [-0.05, 0) is 25.5 Å². The molecule has 0 saturated heterocycles. The summed E-state index contributed by atoms with van der Waals surface area (Å²) in [6, 6.07) is 3.86. The van der Waals surface area contributed by atoms with E-state index >= 15 is 0 Å². The highest BCUT2D eigenvalue weighted by Crippen LogP contribution is 2.12. The average molecular weight is 264 g/mol. The minimum atomic E-state index is -0.149. The number of anilines is 1. The molecule has 106 valence electrons. The van der Waals surface area contributed by atoms with Crippen molar-refractivity contribution in [2.45, 2.75) is 39.2 Å². The van der Waals surface area contributed by atoms with Crippen LogP contribution in [0.1, 0.15) is 43.6 Å². The van der Waals surface area contributed by atoms with E-state index < -0.39 is 0 Å². The van der Waals surface area contributed by atoms with Crippen LogP contribution >= 0.6 is 0 Å². The molecule has 0 radical (unpaired) electrons. The molecule has 1 atom stereocenters. The van der Waals surface area contributed by atoms with Crippen molar-refractivity contribution < 1.29 is 4.79 Å². The zero-order valence-electron chi connectivity index (χ0n) is 11.8. The number of carbonyl (C=O) groups excluding carboxylic acids is 1. The number of aromatic nitrogens is 1. The molecule has 5 heteroatoms. The van der Waals surface area contributed by atoms with E-state index in [1.54, 1.807) is 12.3 Å². The van der Waals surface area contributed by atoms with E-state index in [1.165, 1.54) is 0 Å². The Morgan fingerprint density at radius 3 is 2.89 bits per heavy atom. The number of unbranched alkanes of at least 4 members (excludes halogenated alkanes) is 1. The Hall–Kier alpha value is -1.62. The van der Waals surface area contributed by atoms with Gasteiger partial charge in [0.05, 0.1) is 0 Å². The van der Waals surface area contributed by atoms with E-state index in [9.17, 15) is 4.79 Å². The summed E-state index contributed by atoms with van der Waals surface area (Å²) in [7, 11) is 0. The topological polar surface area (TPSA) is 80.0 Å². The molecule has 4 N–H and O–H groups in total. The number of pyridine rings is 1. The van der Waals surface area contributed by atoms with Gasteiger partial charge in [-0.15, -0.1) is 0 Å². The van der Waals surface area contributed by atoms with Crippen molar-refractivity contribution in [1.29, 1.82) is 0 Å². The van der Waals surface area contributed by atoms with Gasteiger partial charge in [-0.2, -0.15) is 0 Å². The van der Waals surface area contributed by atoms with E-state index in [0.717, 1.165) is 24.9 Å². The molecule has 0 aliphatic rings. The number of carbonyl (C=O) groups is 1. The van der Waals surface area contributed by atoms with Crippen molar-refractivity contribution in [1.82, 2.24) is 10.3 Å². The molecule has 1 unspecified atom stereocenters. The number of hydrogen-bond acceptors (Lipinski definition) is 4. The molecular weight excluding hydrogens is 240 g/mol. The van der Waals surface area contributed by atoms with Gasteiger partial charge in [-0.1, -0.05) is 19.8 Å². The summed E-state index contributed by atoms with van der Waals surface area (Å²) in [5.41, 5.74) is 7.07. The molecule has 1 heterocycles. The largest absolute Gasteiger partial charge is 0.381 e. The quantitative estimate of drug-likeness (QED) is 0.668. The first-order valence-corrected chi connectivity index (χ1v) is 6.92. The molecule has 0 saturated carbocycles. The zero-order valence-corrected chi connectivity index (χ0v) is 11.8. The Balaban J connectivity index is 2.67. The molecule has 0 spiro atoms. The summed E-state index contributed by atoms with van der Waals surface area (Å²) < 4.78 is 0. The first kappa shape index (κ1) is 15.4. The lowest BCUT2D eigenvalue weighted by molar-refractivity contribution is 0.0951. The minimum Gasteiger partial charge on any atom is -0.381 e. The van der Waals surface area contributed by atoms with Crippen molar-refractivity contribution in [2.24, 2.45) is 5.73 Å². The van der Waals surface area contributed by atoms with Crippen LogP contribution in [0.25, 0.3) is 0 Å². The summed E-state index contributed by atoms with van der Waals surface area (Å²) in [4.78, 5) is 15.8. The number of rotatable bonds is 8. The minimum absolute atomic E-state index is 0.149. The van der Waals surface area contributed by atoms with E-state index in [-0.39, 0.29) is 11.9 Å². The third-order valence-electron chi connectivity index (χ3n) is 2.89. The van der Waals surface area contributed by atoms with Crippen LogP contribution in [-0.2, 0) is 0 Å². The summed E-state index contributed by atoms with van der Waals surface area (Å²) >= 11 is 0. The zero-order chi connectivity index (χ0) is 14.1. The highest BCUT2D eigenvalue weighted by atomic mass is 16.1. The number of nitrogens with zero attached hydrogens (tertiary/aromatic N) is 1. The molecule has 0 fully saturated rings. The molecule has 0 bridgehead atoms. The third-order valence-corrected chi connectivity index (χ3v) is 2.89. The highest BCUT2D eigenvalue weighted by Gasteiger charge is 2.09. The molecule has 1 rings (SSSR count). The molecule has 0 aromatic carbocycles. The van der Waals surface area contributed by atoms with Gasteiger partial charge in [0.15, 0.2) is 0 Å². The second-order valence-corrected chi connectivity index (χ2v) is 4.51. The van der Waals surface area contributed by atoms with Crippen molar-refractivity contribution in [3.05, 3.63) is 24.0 Å². The molecule has 5 nitrogen and oxygen atoms in total. The second-order valence-electron chi connectivity index (χ2n) is 4.51. The van der Waals surface area contributed by atoms with Crippen LogP contribution < -0.4 is 16.4 Å². The Kier molecular flexibility index (Phi) is 6.89. The maximum Gasteiger partial charge on any atom is 0.269 e. The monoisotopic (exact) mass is 264 g/mol. The fraction of sp³-hybridized carbons (Fsp3) is 0.571. The summed E-state index contributed by atoms with van der Waals surface area (Å²) in [6.07, 6.45) is 4.97. The molecular formula is C14H24N4O. The van der Waals surface area contributed by atoms with Crippen LogP contribution in [-0.4, -0.2) is 30.0 Å². The summed E-state index contributed by atoms with van der Waals surface area (Å²) in [5, 5.41) is 6.09. The van der Waals surface area contributed by atoms with Crippen LogP contribution in [0.3, 0.4) is 0 Å². The number of nitrogens with one attached hydrogen (secondary N) is 2. The molecule has 0 aliphatic heterocycles. The van der Waals surface area contributed by atoms with Gasteiger partial charge in [0.2, 0.25) is 0 Å². The Labute approximate surface area is 115 Å². The van der Waals surface area contributed by atoms with Gasteiger partial charge in [0.25, 0.3) is 5.91 Å². The highest BCUT2D eigenvalue weighted by molar-refractivity contribution is 5.93. The van der Waals surface area contributed by atoms with Crippen molar-refractivity contribution in [3.63, 3.8) is 0 Å². The number of nitrogens with two attached hydrogens (primary N) is 1. The van der Waals surface area contributed by atoms with E-state index in [4.69, 9.17) is 5.73 Å².